The molecule has 9 heteroatoms. The van der Waals surface area contributed by atoms with Crippen LogP contribution in [0.15, 0.2) is 16.6 Å². The lowest BCUT2D eigenvalue weighted by molar-refractivity contribution is -0.138. The van der Waals surface area contributed by atoms with Gasteiger partial charge in [0.25, 0.3) is 0 Å². The van der Waals surface area contributed by atoms with Crippen molar-refractivity contribution in [1.29, 1.82) is 0 Å². The zero-order chi connectivity index (χ0) is 15.3. The maximum Gasteiger partial charge on any atom is 0.325 e. The maximum atomic E-state index is 13.4. The molecule has 0 aliphatic rings. The van der Waals surface area contributed by atoms with Crippen LogP contribution in [-0.2, 0) is 9.59 Å². The van der Waals surface area contributed by atoms with E-state index in [4.69, 9.17) is 5.11 Å². The van der Waals surface area contributed by atoms with Gasteiger partial charge >= 0.3 is 12.0 Å². The lowest BCUT2D eigenvalue weighted by Gasteiger charge is -2.08. The van der Waals surface area contributed by atoms with Crippen molar-refractivity contribution in [3.8, 4) is 0 Å². The minimum Gasteiger partial charge on any atom is -0.481 e. The summed E-state index contributed by atoms with van der Waals surface area (Å²) in [5, 5.41) is 12.1. The van der Waals surface area contributed by atoms with Crippen LogP contribution >= 0.6 is 15.9 Å². The van der Waals surface area contributed by atoms with Gasteiger partial charge in [0.05, 0.1) is 16.6 Å². The number of anilines is 1. The molecule has 3 N–H and O–H groups in total. The van der Waals surface area contributed by atoms with Gasteiger partial charge in [0.15, 0.2) is 0 Å². The van der Waals surface area contributed by atoms with Gasteiger partial charge in [-0.15, -0.1) is 0 Å². The Balaban J connectivity index is 2.61. The van der Waals surface area contributed by atoms with Crippen molar-refractivity contribution < 1.29 is 28.3 Å². The number of carbonyl (C=O) groups excluding carboxylic acids is 2. The topological polar surface area (TPSA) is 95.5 Å². The maximum absolute atomic E-state index is 13.4. The molecule has 1 aromatic carbocycles. The molecule has 0 fully saturated rings. The summed E-state index contributed by atoms with van der Waals surface area (Å²) in [5.74, 6) is -3.73. The quantitative estimate of drug-likeness (QED) is 0.725. The summed E-state index contributed by atoms with van der Waals surface area (Å²) in [4.78, 5) is 32.7. The molecule has 0 spiro atoms. The molecule has 1 aromatic rings. The molecule has 0 heterocycles. The van der Waals surface area contributed by atoms with Gasteiger partial charge in [0, 0.05) is 12.5 Å². The summed E-state index contributed by atoms with van der Waals surface area (Å²) in [5.41, 5.74) is -0.450. The summed E-state index contributed by atoms with van der Waals surface area (Å²) < 4.78 is 26.4. The highest BCUT2D eigenvalue weighted by atomic mass is 79.9. The highest BCUT2D eigenvalue weighted by molar-refractivity contribution is 9.10. The number of imide groups is 1. The van der Waals surface area contributed by atoms with Gasteiger partial charge in [0.2, 0.25) is 5.91 Å². The molecule has 0 radical (unpaired) electrons. The number of nitrogens with one attached hydrogen (secondary N) is 2. The van der Waals surface area contributed by atoms with Crippen molar-refractivity contribution in [1.82, 2.24) is 5.32 Å². The Morgan fingerprint density at radius 3 is 2.40 bits per heavy atom. The van der Waals surface area contributed by atoms with E-state index < -0.39 is 48.1 Å². The Morgan fingerprint density at radius 2 is 1.80 bits per heavy atom. The predicted octanol–water partition coefficient (Wildman–Crippen LogP) is 2.24. The van der Waals surface area contributed by atoms with E-state index in [1.165, 1.54) is 0 Å². The van der Waals surface area contributed by atoms with Gasteiger partial charge in [0.1, 0.15) is 11.6 Å². The van der Waals surface area contributed by atoms with Crippen molar-refractivity contribution in [3.63, 3.8) is 0 Å². The highest BCUT2D eigenvalue weighted by Gasteiger charge is 2.13. The molecule has 0 aliphatic heterocycles. The van der Waals surface area contributed by atoms with Crippen LogP contribution in [0, 0.1) is 11.6 Å². The third kappa shape index (κ3) is 4.92. The Kier molecular flexibility index (Phi) is 5.56. The number of urea groups is 1. The number of hydrogen-bond donors (Lipinski definition) is 3. The van der Waals surface area contributed by atoms with E-state index >= 15 is 0 Å². The number of carboxylic acids is 1. The number of hydrogen-bond acceptors (Lipinski definition) is 3. The Morgan fingerprint density at radius 1 is 1.15 bits per heavy atom. The van der Waals surface area contributed by atoms with Crippen LogP contribution < -0.4 is 10.6 Å². The lowest BCUT2D eigenvalue weighted by Crippen LogP contribution is -2.34. The first-order chi connectivity index (χ1) is 9.29. The van der Waals surface area contributed by atoms with Crippen LogP contribution in [0.5, 0.6) is 0 Å². The Labute approximate surface area is 120 Å². The largest absolute Gasteiger partial charge is 0.481 e. The van der Waals surface area contributed by atoms with Crippen LogP contribution in [0.4, 0.5) is 19.3 Å². The molecule has 0 bridgehead atoms. The molecule has 20 heavy (non-hydrogen) atoms. The van der Waals surface area contributed by atoms with Gasteiger partial charge < -0.3 is 10.4 Å². The summed E-state index contributed by atoms with van der Waals surface area (Å²) >= 11 is 2.77. The summed E-state index contributed by atoms with van der Waals surface area (Å²) in [6.07, 6.45) is -0.847. The first kappa shape index (κ1) is 16.0. The molecule has 1 rings (SSSR count). The summed E-state index contributed by atoms with van der Waals surface area (Å²) in [6, 6.07) is 0.471. The van der Waals surface area contributed by atoms with Gasteiger partial charge in [-0.3, -0.25) is 14.9 Å². The second-order valence-electron chi connectivity index (χ2n) is 3.64. The SMILES string of the molecule is O=C(O)CCC(=O)NC(=O)Nc1cc(F)c(Br)cc1F. The van der Waals surface area contributed by atoms with Gasteiger partial charge in [-0.05, 0) is 22.0 Å². The van der Waals surface area contributed by atoms with Crippen molar-refractivity contribution in [3.05, 3.63) is 28.2 Å². The molecule has 0 saturated heterocycles. The summed E-state index contributed by atoms with van der Waals surface area (Å²) in [7, 11) is 0. The average molecular weight is 351 g/mol. The lowest BCUT2D eigenvalue weighted by atomic mass is 10.3. The Hall–Kier alpha value is -2.03. The Bertz CT molecular complexity index is 566. The molecular formula is C11H9BrF2N2O4. The van der Waals surface area contributed by atoms with E-state index in [-0.39, 0.29) is 4.47 Å². The number of rotatable bonds is 4. The van der Waals surface area contributed by atoms with Crippen LogP contribution in [0.2, 0.25) is 0 Å². The first-order valence-corrected chi connectivity index (χ1v) is 6.06. The molecule has 3 amide bonds. The van der Waals surface area contributed by atoms with Crippen molar-refractivity contribution in [2.45, 2.75) is 12.8 Å². The number of carbonyl (C=O) groups is 3. The highest BCUT2D eigenvalue weighted by Crippen LogP contribution is 2.23. The second kappa shape index (κ2) is 6.94. The fourth-order valence-electron chi connectivity index (χ4n) is 1.18. The standard InChI is InChI=1S/C11H9BrF2N2O4/c12-5-3-7(14)8(4-6(5)13)15-11(20)16-9(17)1-2-10(18)19/h3-4H,1-2H2,(H,18,19)(H2,15,16,17,20). The molecule has 6 nitrogen and oxygen atoms in total. The van der Waals surface area contributed by atoms with E-state index in [2.05, 4.69) is 15.9 Å². The van der Waals surface area contributed by atoms with Crippen molar-refractivity contribution in [2.75, 3.05) is 5.32 Å². The molecular weight excluding hydrogens is 342 g/mol. The number of amides is 3. The molecule has 0 aliphatic carbocycles. The van der Waals surface area contributed by atoms with Crippen LogP contribution in [0.25, 0.3) is 0 Å². The van der Waals surface area contributed by atoms with Crippen molar-refractivity contribution in [2.24, 2.45) is 0 Å². The smallest absolute Gasteiger partial charge is 0.325 e. The molecule has 0 aromatic heterocycles. The van der Waals surface area contributed by atoms with E-state index in [0.717, 1.165) is 12.1 Å². The van der Waals surface area contributed by atoms with E-state index in [9.17, 15) is 23.2 Å². The minimum atomic E-state index is -1.19. The monoisotopic (exact) mass is 350 g/mol. The fraction of sp³-hybridized carbons (Fsp3) is 0.182. The third-order valence-electron chi connectivity index (χ3n) is 2.08. The van der Waals surface area contributed by atoms with Crippen LogP contribution in [0.1, 0.15) is 12.8 Å². The summed E-state index contributed by atoms with van der Waals surface area (Å²) in [6.45, 7) is 0. The molecule has 0 unspecified atom stereocenters. The third-order valence-corrected chi connectivity index (χ3v) is 2.68. The van der Waals surface area contributed by atoms with Gasteiger partial charge in [-0.2, -0.15) is 0 Å². The van der Waals surface area contributed by atoms with Gasteiger partial charge in [-0.25, -0.2) is 13.6 Å². The van der Waals surface area contributed by atoms with E-state index in [1.54, 1.807) is 5.32 Å². The van der Waals surface area contributed by atoms with E-state index in [0.29, 0.717) is 0 Å². The number of aliphatic carboxylic acids is 1. The van der Waals surface area contributed by atoms with Gasteiger partial charge in [-0.1, -0.05) is 0 Å². The zero-order valence-corrected chi connectivity index (χ0v) is 11.5. The first-order valence-electron chi connectivity index (χ1n) is 5.26. The predicted molar refractivity (Wildman–Crippen MR) is 68.1 cm³/mol. The minimum absolute atomic E-state index is 0.113. The van der Waals surface area contributed by atoms with Crippen molar-refractivity contribution >= 4 is 39.5 Å². The van der Waals surface area contributed by atoms with E-state index in [1.807, 2.05) is 5.32 Å². The normalized spacial score (nSPS) is 9.95. The van der Waals surface area contributed by atoms with Crippen LogP contribution in [-0.4, -0.2) is 23.0 Å². The second-order valence-corrected chi connectivity index (χ2v) is 4.50. The van der Waals surface area contributed by atoms with Crippen LogP contribution in [0.3, 0.4) is 0 Å². The number of benzene rings is 1. The number of carboxylic acid groups (broad SMARTS) is 1. The fourth-order valence-corrected chi connectivity index (χ4v) is 1.50. The molecule has 108 valence electrons. The zero-order valence-electron chi connectivity index (χ0n) is 9.87. The average Bonchev–Trinajstić information content (AvgIpc) is 2.33. The molecule has 0 saturated carbocycles. The number of halogens is 3. The molecule has 0 atom stereocenters.